The Morgan fingerprint density at radius 2 is 2.00 bits per heavy atom. The van der Waals surface area contributed by atoms with E-state index in [2.05, 4.69) is 39.3 Å². The lowest BCUT2D eigenvalue weighted by Gasteiger charge is -2.24. The lowest BCUT2D eigenvalue weighted by atomic mass is 9.87. The number of aryl methyl sites for hydroxylation is 1. The Kier molecular flexibility index (Phi) is 7.36. The van der Waals surface area contributed by atoms with Crippen molar-refractivity contribution >= 4 is 5.96 Å². The third-order valence-corrected chi connectivity index (χ3v) is 5.04. The van der Waals surface area contributed by atoms with Gasteiger partial charge in [-0.1, -0.05) is 26.7 Å². The Morgan fingerprint density at radius 3 is 2.65 bits per heavy atom. The highest BCUT2D eigenvalue weighted by Crippen LogP contribution is 2.28. The SMILES string of the molecule is CCC(CC)C1CCN(C(=NC)NCCCCn2cnnc2)C1. The van der Waals surface area contributed by atoms with Crippen molar-refractivity contribution in [2.75, 3.05) is 26.7 Å². The Balaban J connectivity index is 1.67. The zero-order valence-electron chi connectivity index (χ0n) is 14.9. The Labute approximate surface area is 140 Å². The number of nitrogens with zero attached hydrogens (tertiary/aromatic N) is 5. The van der Waals surface area contributed by atoms with Crippen LogP contribution in [-0.4, -0.2) is 52.3 Å². The first-order valence-electron chi connectivity index (χ1n) is 9.06. The Bertz CT molecular complexity index is 452. The standard InChI is InChI=1S/C17H32N6/c1-4-15(5-2)16-8-11-23(12-16)17(18-3)19-9-6-7-10-22-13-20-21-14-22/h13-16H,4-12H2,1-3H3,(H,18,19). The van der Waals surface area contributed by atoms with Gasteiger partial charge < -0.3 is 14.8 Å². The number of likely N-dealkylation sites (tertiary alicyclic amines) is 1. The lowest BCUT2D eigenvalue weighted by Crippen LogP contribution is -2.40. The minimum atomic E-state index is 0.831. The number of aliphatic imine (C=N–C) groups is 1. The van der Waals surface area contributed by atoms with Crippen LogP contribution in [0.15, 0.2) is 17.6 Å². The first kappa shape index (κ1) is 17.8. The summed E-state index contributed by atoms with van der Waals surface area (Å²) in [5, 5.41) is 11.2. The average Bonchev–Trinajstić information content (AvgIpc) is 3.24. The molecule has 1 saturated heterocycles. The van der Waals surface area contributed by atoms with Crippen LogP contribution in [0.1, 0.15) is 46.0 Å². The molecule has 1 aliphatic rings. The fourth-order valence-corrected chi connectivity index (χ4v) is 3.61. The predicted molar refractivity (Wildman–Crippen MR) is 94.4 cm³/mol. The van der Waals surface area contributed by atoms with Crippen LogP contribution in [0.2, 0.25) is 0 Å². The fraction of sp³-hybridized carbons (Fsp3) is 0.824. The van der Waals surface area contributed by atoms with E-state index in [1.54, 1.807) is 12.7 Å². The molecule has 0 amide bonds. The summed E-state index contributed by atoms with van der Waals surface area (Å²) >= 11 is 0. The number of aromatic nitrogens is 3. The van der Waals surface area contributed by atoms with Crippen LogP contribution < -0.4 is 5.32 Å². The molecule has 0 bridgehead atoms. The molecule has 0 radical (unpaired) electrons. The predicted octanol–water partition coefficient (Wildman–Crippen LogP) is 2.39. The van der Waals surface area contributed by atoms with Crippen molar-refractivity contribution in [2.24, 2.45) is 16.8 Å². The largest absolute Gasteiger partial charge is 0.356 e. The summed E-state index contributed by atoms with van der Waals surface area (Å²) in [5.41, 5.74) is 0. The highest BCUT2D eigenvalue weighted by atomic mass is 15.3. The first-order valence-corrected chi connectivity index (χ1v) is 9.06. The van der Waals surface area contributed by atoms with Crippen LogP contribution in [0.4, 0.5) is 0 Å². The number of hydrogen-bond acceptors (Lipinski definition) is 3. The molecule has 2 rings (SSSR count). The van der Waals surface area contributed by atoms with Gasteiger partial charge in [0.2, 0.25) is 0 Å². The van der Waals surface area contributed by atoms with Gasteiger partial charge in [-0.15, -0.1) is 10.2 Å². The van der Waals surface area contributed by atoms with E-state index in [-0.39, 0.29) is 0 Å². The maximum absolute atomic E-state index is 4.47. The van der Waals surface area contributed by atoms with Crippen molar-refractivity contribution in [2.45, 2.75) is 52.5 Å². The summed E-state index contributed by atoms with van der Waals surface area (Å²) < 4.78 is 2.02. The molecule has 1 unspecified atom stereocenters. The van der Waals surface area contributed by atoms with Crippen molar-refractivity contribution in [3.05, 3.63) is 12.7 Å². The zero-order valence-corrected chi connectivity index (χ0v) is 14.9. The topological polar surface area (TPSA) is 58.3 Å². The van der Waals surface area contributed by atoms with E-state index in [9.17, 15) is 0 Å². The molecule has 6 nitrogen and oxygen atoms in total. The molecule has 1 fully saturated rings. The van der Waals surface area contributed by atoms with Gasteiger partial charge in [0.25, 0.3) is 0 Å². The molecule has 0 aromatic carbocycles. The molecule has 0 spiro atoms. The molecule has 0 aliphatic carbocycles. The molecule has 2 heterocycles. The summed E-state index contributed by atoms with van der Waals surface area (Å²) in [6.45, 7) is 8.89. The second-order valence-corrected chi connectivity index (χ2v) is 6.45. The molecule has 6 heteroatoms. The van der Waals surface area contributed by atoms with E-state index in [0.29, 0.717) is 0 Å². The number of hydrogen-bond donors (Lipinski definition) is 1. The summed E-state index contributed by atoms with van der Waals surface area (Å²) in [7, 11) is 1.89. The molecule has 1 atom stereocenters. The summed E-state index contributed by atoms with van der Waals surface area (Å²) in [5.74, 6) is 2.77. The van der Waals surface area contributed by atoms with E-state index < -0.39 is 0 Å². The molecule has 1 aromatic heterocycles. The van der Waals surface area contributed by atoms with Crippen LogP contribution in [0.5, 0.6) is 0 Å². The van der Waals surface area contributed by atoms with Crippen LogP contribution in [0.3, 0.4) is 0 Å². The van der Waals surface area contributed by atoms with Gasteiger partial charge in [-0.25, -0.2) is 0 Å². The van der Waals surface area contributed by atoms with E-state index in [1.165, 1.54) is 19.3 Å². The maximum atomic E-state index is 4.47. The van der Waals surface area contributed by atoms with E-state index in [1.807, 2.05) is 11.6 Å². The second kappa shape index (κ2) is 9.53. The number of guanidine groups is 1. The van der Waals surface area contributed by atoms with Gasteiger partial charge in [0.05, 0.1) is 0 Å². The number of nitrogens with one attached hydrogen (secondary N) is 1. The summed E-state index contributed by atoms with van der Waals surface area (Å²) in [6.07, 6.45) is 9.69. The maximum Gasteiger partial charge on any atom is 0.193 e. The lowest BCUT2D eigenvalue weighted by molar-refractivity contribution is 0.319. The summed E-state index contributed by atoms with van der Waals surface area (Å²) in [6, 6.07) is 0. The van der Waals surface area contributed by atoms with Crippen molar-refractivity contribution in [3.8, 4) is 0 Å². The van der Waals surface area contributed by atoms with E-state index in [0.717, 1.165) is 56.8 Å². The molecule has 23 heavy (non-hydrogen) atoms. The highest BCUT2D eigenvalue weighted by Gasteiger charge is 2.29. The molecule has 1 aliphatic heterocycles. The molecule has 1 N–H and O–H groups in total. The smallest absolute Gasteiger partial charge is 0.193 e. The van der Waals surface area contributed by atoms with Gasteiger partial charge in [0.1, 0.15) is 12.7 Å². The van der Waals surface area contributed by atoms with Gasteiger partial charge in [0.15, 0.2) is 5.96 Å². The second-order valence-electron chi connectivity index (χ2n) is 6.45. The summed E-state index contributed by atoms with van der Waals surface area (Å²) in [4.78, 5) is 6.90. The normalized spacial score (nSPS) is 18.9. The minimum absolute atomic E-state index is 0.831. The Morgan fingerprint density at radius 1 is 1.26 bits per heavy atom. The van der Waals surface area contributed by atoms with Crippen molar-refractivity contribution in [3.63, 3.8) is 0 Å². The van der Waals surface area contributed by atoms with Gasteiger partial charge in [-0.2, -0.15) is 0 Å². The first-order chi connectivity index (χ1) is 11.3. The number of unbranched alkanes of at least 4 members (excludes halogenated alkanes) is 1. The Hall–Kier alpha value is -1.59. The fourth-order valence-electron chi connectivity index (χ4n) is 3.61. The third-order valence-electron chi connectivity index (χ3n) is 5.04. The molecule has 130 valence electrons. The van der Waals surface area contributed by atoms with Crippen LogP contribution >= 0.6 is 0 Å². The zero-order chi connectivity index (χ0) is 16.5. The van der Waals surface area contributed by atoms with Crippen molar-refractivity contribution in [1.82, 2.24) is 25.0 Å². The average molecular weight is 320 g/mol. The molecular weight excluding hydrogens is 288 g/mol. The highest BCUT2D eigenvalue weighted by molar-refractivity contribution is 5.80. The molecule has 0 saturated carbocycles. The van der Waals surface area contributed by atoms with Crippen LogP contribution in [0.25, 0.3) is 0 Å². The quantitative estimate of drug-likeness (QED) is 0.454. The van der Waals surface area contributed by atoms with E-state index >= 15 is 0 Å². The van der Waals surface area contributed by atoms with Gasteiger partial charge >= 0.3 is 0 Å². The van der Waals surface area contributed by atoms with Crippen molar-refractivity contribution < 1.29 is 0 Å². The molecule has 1 aromatic rings. The van der Waals surface area contributed by atoms with Crippen LogP contribution in [0, 0.1) is 11.8 Å². The van der Waals surface area contributed by atoms with Crippen molar-refractivity contribution in [1.29, 1.82) is 0 Å². The van der Waals surface area contributed by atoms with Gasteiger partial charge in [-0.3, -0.25) is 4.99 Å². The van der Waals surface area contributed by atoms with Crippen LogP contribution in [-0.2, 0) is 6.54 Å². The molecular formula is C17H32N6. The minimum Gasteiger partial charge on any atom is -0.356 e. The van der Waals surface area contributed by atoms with Gasteiger partial charge in [0, 0.05) is 33.2 Å². The number of rotatable bonds is 8. The van der Waals surface area contributed by atoms with Gasteiger partial charge in [-0.05, 0) is 31.1 Å². The monoisotopic (exact) mass is 320 g/mol. The third kappa shape index (κ3) is 5.22. The van der Waals surface area contributed by atoms with E-state index in [4.69, 9.17) is 0 Å².